The SMILES string of the molecule is COc1ccccc1C=Nc1ccc(S(=O)(=O)N2CCC(C)CC2)cc1. The smallest absolute Gasteiger partial charge is 0.243 e. The van der Waals surface area contributed by atoms with Gasteiger partial charge in [0, 0.05) is 24.9 Å². The molecule has 0 bridgehead atoms. The summed E-state index contributed by atoms with van der Waals surface area (Å²) in [6.07, 6.45) is 3.55. The van der Waals surface area contributed by atoms with Gasteiger partial charge in [-0.2, -0.15) is 4.31 Å². The predicted octanol–water partition coefficient (Wildman–Crippen LogP) is 3.87. The minimum Gasteiger partial charge on any atom is -0.496 e. The van der Waals surface area contributed by atoms with Crippen molar-refractivity contribution in [3.63, 3.8) is 0 Å². The molecule has 0 aromatic heterocycles. The molecule has 1 heterocycles. The van der Waals surface area contributed by atoms with E-state index < -0.39 is 10.0 Å². The van der Waals surface area contributed by atoms with Gasteiger partial charge in [0.25, 0.3) is 0 Å². The maximum Gasteiger partial charge on any atom is 0.243 e. The van der Waals surface area contributed by atoms with Crippen LogP contribution in [-0.4, -0.2) is 39.1 Å². The lowest BCUT2D eigenvalue weighted by atomic mass is 10.0. The first-order chi connectivity index (χ1) is 12.5. The van der Waals surface area contributed by atoms with Crippen molar-refractivity contribution in [2.24, 2.45) is 10.9 Å². The van der Waals surface area contributed by atoms with E-state index >= 15 is 0 Å². The van der Waals surface area contributed by atoms with E-state index in [2.05, 4.69) is 11.9 Å². The van der Waals surface area contributed by atoms with Crippen LogP contribution in [0.25, 0.3) is 0 Å². The molecular formula is C20H24N2O3S. The van der Waals surface area contributed by atoms with Crippen molar-refractivity contribution in [3.05, 3.63) is 54.1 Å². The Hall–Kier alpha value is -2.18. The van der Waals surface area contributed by atoms with Crippen molar-refractivity contribution >= 4 is 21.9 Å². The Morgan fingerprint density at radius 3 is 2.38 bits per heavy atom. The van der Waals surface area contributed by atoms with Crippen LogP contribution in [0, 0.1) is 5.92 Å². The molecule has 26 heavy (non-hydrogen) atoms. The number of ether oxygens (including phenoxy) is 1. The number of para-hydroxylation sites is 1. The summed E-state index contributed by atoms with van der Waals surface area (Å²) >= 11 is 0. The lowest BCUT2D eigenvalue weighted by molar-refractivity contribution is 0.288. The summed E-state index contributed by atoms with van der Waals surface area (Å²) in [4.78, 5) is 4.74. The van der Waals surface area contributed by atoms with Crippen LogP contribution in [0.1, 0.15) is 25.3 Å². The summed E-state index contributed by atoms with van der Waals surface area (Å²) in [6, 6.07) is 14.3. The molecule has 1 fully saturated rings. The van der Waals surface area contributed by atoms with Crippen LogP contribution >= 0.6 is 0 Å². The van der Waals surface area contributed by atoms with Crippen LogP contribution in [0.4, 0.5) is 5.69 Å². The highest BCUT2D eigenvalue weighted by Crippen LogP contribution is 2.25. The zero-order chi connectivity index (χ0) is 18.6. The molecule has 3 rings (SSSR count). The molecule has 0 aliphatic carbocycles. The molecule has 2 aromatic rings. The topological polar surface area (TPSA) is 59.0 Å². The number of sulfonamides is 1. The largest absolute Gasteiger partial charge is 0.496 e. The molecule has 0 amide bonds. The Bertz CT molecular complexity index is 868. The van der Waals surface area contributed by atoms with Gasteiger partial charge in [0.05, 0.1) is 17.7 Å². The Morgan fingerprint density at radius 1 is 1.08 bits per heavy atom. The Balaban J connectivity index is 1.75. The first-order valence-electron chi connectivity index (χ1n) is 8.78. The Morgan fingerprint density at radius 2 is 1.73 bits per heavy atom. The van der Waals surface area contributed by atoms with E-state index in [4.69, 9.17) is 4.74 Å². The summed E-state index contributed by atoms with van der Waals surface area (Å²) in [5, 5.41) is 0. The average Bonchev–Trinajstić information content (AvgIpc) is 2.67. The van der Waals surface area contributed by atoms with Crippen molar-refractivity contribution in [3.8, 4) is 5.75 Å². The number of hydrogen-bond donors (Lipinski definition) is 0. The van der Waals surface area contributed by atoms with Gasteiger partial charge < -0.3 is 4.74 Å². The minimum atomic E-state index is -3.42. The quantitative estimate of drug-likeness (QED) is 0.749. The standard InChI is InChI=1S/C20H24N2O3S/c1-16-11-13-22(14-12-16)26(23,24)19-9-7-18(8-10-19)21-15-17-5-3-4-6-20(17)25-2/h3-10,15-16H,11-14H2,1-2H3. The number of nitrogens with zero attached hydrogens (tertiary/aromatic N) is 2. The minimum absolute atomic E-state index is 0.322. The summed E-state index contributed by atoms with van der Waals surface area (Å²) in [7, 11) is -1.80. The number of aliphatic imine (C=N–C) groups is 1. The van der Waals surface area contributed by atoms with Crippen molar-refractivity contribution < 1.29 is 13.2 Å². The van der Waals surface area contributed by atoms with Gasteiger partial charge in [0.2, 0.25) is 10.0 Å². The van der Waals surface area contributed by atoms with Gasteiger partial charge in [0.15, 0.2) is 0 Å². The number of methoxy groups -OCH3 is 1. The maximum atomic E-state index is 12.7. The molecule has 2 aromatic carbocycles. The molecule has 0 radical (unpaired) electrons. The second kappa shape index (κ2) is 8.01. The fourth-order valence-corrected chi connectivity index (χ4v) is 4.47. The highest BCUT2D eigenvalue weighted by atomic mass is 32.2. The molecule has 0 saturated carbocycles. The van der Waals surface area contributed by atoms with Gasteiger partial charge in [-0.3, -0.25) is 4.99 Å². The Kier molecular flexibility index (Phi) is 5.74. The second-order valence-corrected chi connectivity index (χ2v) is 8.52. The fourth-order valence-electron chi connectivity index (χ4n) is 3.00. The molecular weight excluding hydrogens is 348 g/mol. The average molecular weight is 372 g/mol. The monoisotopic (exact) mass is 372 g/mol. The van der Waals surface area contributed by atoms with Crippen LogP contribution in [0.15, 0.2) is 58.4 Å². The summed E-state index contributed by atoms with van der Waals surface area (Å²) in [5.41, 5.74) is 1.57. The lowest BCUT2D eigenvalue weighted by Crippen LogP contribution is -2.37. The third-order valence-corrected chi connectivity index (χ3v) is 6.62. The van der Waals surface area contributed by atoms with E-state index in [9.17, 15) is 8.42 Å². The van der Waals surface area contributed by atoms with Gasteiger partial charge in [0.1, 0.15) is 5.75 Å². The zero-order valence-corrected chi connectivity index (χ0v) is 15.9. The van der Waals surface area contributed by atoms with Crippen molar-refractivity contribution in [2.45, 2.75) is 24.7 Å². The number of benzene rings is 2. The maximum absolute atomic E-state index is 12.7. The van der Waals surface area contributed by atoms with Crippen LogP contribution in [0.5, 0.6) is 5.75 Å². The third-order valence-electron chi connectivity index (χ3n) is 4.71. The first kappa shape index (κ1) is 18.6. The van der Waals surface area contributed by atoms with Crippen molar-refractivity contribution in [1.29, 1.82) is 0 Å². The zero-order valence-electron chi connectivity index (χ0n) is 15.1. The molecule has 5 nitrogen and oxygen atoms in total. The second-order valence-electron chi connectivity index (χ2n) is 6.58. The highest BCUT2D eigenvalue weighted by molar-refractivity contribution is 7.89. The van der Waals surface area contributed by atoms with E-state index in [1.54, 1.807) is 41.9 Å². The third kappa shape index (κ3) is 4.14. The molecule has 0 spiro atoms. The molecule has 0 N–H and O–H groups in total. The van der Waals surface area contributed by atoms with E-state index in [-0.39, 0.29) is 0 Å². The van der Waals surface area contributed by atoms with Crippen LogP contribution in [-0.2, 0) is 10.0 Å². The predicted molar refractivity (Wildman–Crippen MR) is 104 cm³/mol. The molecule has 0 unspecified atom stereocenters. The summed E-state index contributed by atoms with van der Waals surface area (Å²) in [6.45, 7) is 3.35. The number of piperidine rings is 1. The molecule has 1 aliphatic rings. The van der Waals surface area contributed by atoms with E-state index in [1.807, 2.05) is 24.3 Å². The molecule has 1 saturated heterocycles. The van der Waals surface area contributed by atoms with E-state index in [0.717, 1.165) is 24.2 Å². The highest BCUT2D eigenvalue weighted by Gasteiger charge is 2.27. The molecule has 0 atom stereocenters. The van der Waals surface area contributed by atoms with Crippen molar-refractivity contribution in [1.82, 2.24) is 4.31 Å². The van der Waals surface area contributed by atoms with Crippen molar-refractivity contribution in [2.75, 3.05) is 20.2 Å². The Labute approximate surface area is 155 Å². The van der Waals surface area contributed by atoms with Gasteiger partial charge in [-0.1, -0.05) is 19.1 Å². The number of rotatable bonds is 5. The normalized spacial score (nSPS) is 16.8. The number of hydrogen-bond acceptors (Lipinski definition) is 4. The van der Waals surface area contributed by atoms with Gasteiger partial charge in [-0.15, -0.1) is 0 Å². The van der Waals surface area contributed by atoms with Crippen LogP contribution in [0.2, 0.25) is 0 Å². The summed E-state index contributed by atoms with van der Waals surface area (Å²) < 4.78 is 32.4. The van der Waals surface area contributed by atoms with Crippen LogP contribution in [0.3, 0.4) is 0 Å². The van der Waals surface area contributed by atoms with E-state index in [1.165, 1.54) is 0 Å². The molecule has 6 heteroatoms. The van der Waals surface area contributed by atoms with Crippen LogP contribution < -0.4 is 4.74 Å². The first-order valence-corrected chi connectivity index (χ1v) is 10.2. The summed E-state index contributed by atoms with van der Waals surface area (Å²) in [5.74, 6) is 1.34. The fraction of sp³-hybridized carbons (Fsp3) is 0.350. The van der Waals surface area contributed by atoms with Gasteiger partial charge in [-0.05, 0) is 55.2 Å². The van der Waals surface area contributed by atoms with Gasteiger partial charge in [-0.25, -0.2) is 8.42 Å². The van der Waals surface area contributed by atoms with Gasteiger partial charge >= 0.3 is 0 Å². The van der Waals surface area contributed by atoms with E-state index in [0.29, 0.717) is 29.6 Å². The molecule has 138 valence electrons. The molecule has 1 aliphatic heterocycles. The lowest BCUT2D eigenvalue weighted by Gasteiger charge is -2.29.